The molecular formula is C26H32N4O8. The van der Waals surface area contributed by atoms with E-state index in [9.17, 15) is 24.3 Å². The summed E-state index contributed by atoms with van der Waals surface area (Å²) < 4.78 is 15.4. The first-order valence-corrected chi connectivity index (χ1v) is 11.7. The SMILES string of the molecule is CC(C)(C)OC(=O)N[C@@H](CCN=C(NC(=O)OCc1ccccc1)NC(=O)OCc1ccccc1)C(=O)O. The van der Waals surface area contributed by atoms with E-state index in [-0.39, 0.29) is 32.1 Å². The third kappa shape index (κ3) is 12.4. The maximum Gasteiger partial charge on any atom is 0.414 e. The number of nitrogens with zero attached hydrogens (tertiary/aromatic N) is 1. The second-order valence-electron chi connectivity index (χ2n) is 8.93. The van der Waals surface area contributed by atoms with Gasteiger partial charge in [0.15, 0.2) is 0 Å². The number of carbonyl (C=O) groups is 4. The number of aliphatic carboxylic acids is 1. The number of aliphatic imine (C=N–C) groups is 1. The minimum Gasteiger partial charge on any atom is -0.480 e. The summed E-state index contributed by atoms with van der Waals surface area (Å²) >= 11 is 0. The topological polar surface area (TPSA) is 165 Å². The Morgan fingerprint density at radius 2 is 1.29 bits per heavy atom. The first kappa shape index (κ1) is 29.6. The maximum absolute atomic E-state index is 12.3. The van der Waals surface area contributed by atoms with Gasteiger partial charge < -0.3 is 24.6 Å². The number of carboxylic acid groups (broad SMARTS) is 1. The van der Waals surface area contributed by atoms with E-state index in [1.54, 1.807) is 69.3 Å². The van der Waals surface area contributed by atoms with Crippen LogP contribution in [0.15, 0.2) is 65.7 Å². The molecule has 2 aromatic rings. The van der Waals surface area contributed by atoms with Crippen molar-refractivity contribution in [3.63, 3.8) is 0 Å². The van der Waals surface area contributed by atoms with Gasteiger partial charge in [-0.3, -0.25) is 15.6 Å². The molecule has 12 heteroatoms. The van der Waals surface area contributed by atoms with E-state index in [0.717, 1.165) is 11.1 Å². The zero-order valence-corrected chi connectivity index (χ0v) is 21.4. The molecule has 0 aliphatic heterocycles. The summed E-state index contributed by atoms with van der Waals surface area (Å²) in [6.07, 6.45) is -2.88. The molecule has 0 aliphatic carbocycles. The average molecular weight is 529 g/mol. The smallest absolute Gasteiger partial charge is 0.414 e. The van der Waals surface area contributed by atoms with Crippen LogP contribution in [0, 0.1) is 0 Å². The Morgan fingerprint density at radius 3 is 1.71 bits per heavy atom. The lowest BCUT2D eigenvalue weighted by Gasteiger charge is -2.21. The van der Waals surface area contributed by atoms with Crippen LogP contribution in [-0.4, -0.2) is 53.5 Å². The van der Waals surface area contributed by atoms with Crippen LogP contribution in [0.5, 0.6) is 0 Å². The van der Waals surface area contributed by atoms with Gasteiger partial charge in [-0.05, 0) is 38.3 Å². The lowest BCUT2D eigenvalue weighted by atomic mass is 10.2. The van der Waals surface area contributed by atoms with Crippen LogP contribution in [-0.2, 0) is 32.2 Å². The predicted octanol–water partition coefficient (Wildman–Crippen LogP) is 3.56. The molecule has 4 N–H and O–H groups in total. The fourth-order valence-electron chi connectivity index (χ4n) is 2.83. The molecule has 0 spiro atoms. The summed E-state index contributed by atoms with van der Waals surface area (Å²) in [5.74, 6) is -1.62. The van der Waals surface area contributed by atoms with Crippen molar-refractivity contribution in [1.82, 2.24) is 16.0 Å². The Hall–Kier alpha value is -4.61. The number of carbonyl (C=O) groups excluding carboxylic acids is 3. The quantitative estimate of drug-likeness (QED) is 0.218. The van der Waals surface area contributed by atoms with Gasteiger partial charge in [-0.15, -0.1) is 0 Å². The number of guanidine groups is 1. The number of nitrogens with one attached hydrogen (secondary N) is 3. The Morgan fingerprint density at radius 1 is 0.816 bits per heavy atom. The summed E-state index contributed by atoms with van der Waals surface area (Å²) in [6.45, 7) is 4.68. The van der Waals surface area contributed by atoms with Gasteiger partial charge in [-0.1, -0.05) is 60.7 Å². The average Bonchev–Trinajstić information content (AvgIpc) is 2.85. The second kappa shape index (κ2) is 14.8. The molecule has 3 amide bonds. The van der Waals surface area contributed by atoms with Gasteiger partial charge in [0, 0.05) is 6.54 Å². The molecule has 38 heavy (non-hydrogen) atoms. The van der Waals surface area contributed by atoms with Crippen molar-refractivity contribution >= 4 is 30.2 Å². The maximum atomic E-state index is 12.3. The molecule has 2 aromatic carbocycles. The van der Waals surface area contributed by atoms with Crippen LogP contribution in [0.3, 0.4) is 0 Å². The van der Waals surface area contributed by atoms with Crippen LogP contribution < -0.4 is 16.0 Å². The van der Waals surface area contributed by atoms with Gasteiger partial charge in [0.1, 0.15) is 24.9 Å². The lowest BCUT2D eigenvalue weighted by Crippen LogP contribution is -2.45. The van der Waals surface area contributed by atoms with E-state index in [2.05, 4.69) is 20.9 Å². The van der Waals surface area contributed by atoms with Crippen molar-refractivity contribution in [2.75, 3.05) is 6.54 Å². The van der Waals surface area contributed by atoms with E-state index < -0.39 is 35.9 Å². The summed E-state index contributed by atoms with van der Waals surface area (Å²) in [6, 6.07) is 16.5. The van der Waals surface area contributed by atoms with Crippen LogP contribution in [0.2, 0.25) is 0 Å². The van der Waals surface area contributed by atoms with E-state index in [0.29, 0.717) is 0 Å². The standard InChI is InChI=1S/C26H32N4O8/c1-26(2,3)38-25(35)28-20(21(31)32)14-15-27-22(29-23(33)36-16-18-10-6-4-7-11-18)30-24(34)37-17-19-12-8-5-9-13-19/h4-13,20H,14-17H2,1-3H3,(H,28,35)(H,31,32)(H2,27,29,30,33,34)/t20-/m0/s1. The number of hydrogen-bond acceptors (Lipinski definition) is 8. The summed E-state index contributed by atoms with van der Waals surface area (Å²) in [7, 11) is 0. The predicted molar refractivity (Wildman–Crippen MR) is 137 cm³/mol. The molecule has 0 heterocycles. The Labute approximate surface area is 220 Å². The third-order valence-corrected chi connectivity index (χ3v) is 4.54. The zero-order valence-electron chi connectivity index (χ0n) is 21.4. The van der Waals surface area contributed by atoms with E-state index >= 15 is 0 Å². The van der Waals surface area contributed by atoms with Gasteiger partial charge in [-0.25, -0.2) is 19.2 Å². The monoisotopic (exact) mass is 528 g/mol. The second-order valence-corrected chi connectivity index (χ2v) is 8.93. The molecule has 0 bridgehead atoms. The molecule has 0 saturated carbocycles. The molecular weight excluding hydrogens is 496 g/mol. The fraction of sp³-hybridized carbons (Fsp3) is 0.346. The van der Waals surface area contributed by atoms with Crippen molar-refractivity contribution < 1.29 is 38.5 Å². The first-order chi connectivity index (χ1) is 18.0. The van der Waals surface area contributed by atoms with Gasteiger partial charge in [0.2, 0.25) is 5.96 Å². The molecule has 0 unspecified atom stereocenters. The van der Waals surface area contributed by atoms with E-state index in [4.69, 9.17) is 14.2 Å². The van der Waals surface area contributed by atoms with Crippen LogP contribution in [0.4, 0.5) is 14.4 Å². The van der Waals surface area contributed by atoms with Crippen molar-refractivity contribution in [3.8, 4) is 0 Å². The molecule has 0 radical (unpaired) electrons. The normalized spacial score (nSPS) is 11.3. The van der Waals surface area contributed by atoms with Gasteiger partial charge >= 0.3 is 24.2 Å². The van der Waals surface area contributed by atoms with Gasteiger partial charge in [0.25, 0.3) is 0 Å². The largest absolute Gasteiger partial charge is 0.480 e. The summed E-state index contributed by atoms with van der Waals surface area (Å²) in [5.41, 5.74) is 0.676. The van der Waals surface area contributed by atoms with Crippen LogP contribution >= 0.6 is 0 Å². The number of benzene rings is 2. The molecule has 0 fully saturated rings. The lowest BCUT2D eigenvalue weighted by molar-refractivity contribution is -0.139. The number of ether oxygens (including phenoxy) is 3. The van der Waals surface area contributed by atoms with Crippen molar-refractivity contribution in [1.29, 1.82) is 0 Å². The minimum atomic E-state index is -1.33. The highest BCUT2D eigenvalue weighted by Gasteiger charge is 2.24. The van der Waals surface area contributed by atoms with E-state index in [1.807, 2.05) is 12.1 Å². The van der Waals surface area contributed by atoms with Crippen LogP contribution in [0.25, 0.3) is 0 Å². The number of rotatable bonds is 9. The van der Waals surface area contributed by atoms with Crippen molar-refractivity contribution in [2.24, 2.45) is 4.99 Å². The molecule has 0 saturated heterocycles. The highest BCUT2D eigenvalue weighted by atomic mass is 16.6. The molecule has 0 aliphatic rings. The number of hydrogen-bond donors (Lipinski definition) is 4. The van der Waals surface area contributed by atoms with Crippen molar-refractivity contribution in [3.05, 3.63) is 71.8 Å². The number of alkyl carbamates (subject to hydrolysis) is 3. The zero-order chi connectivity index (χ0) is 28.0. The Balaban J connectivity index is 2.00. The number of carboxylic acids is 1. The fourth-order valence-corrected chi connectivity index (χ4v) is 2.83. The van der Waals surface area contributed by atoms with Gasteiger partial charge in [-0.2, -0.15) is 0 Å². The Bertz CT molecular complexity index is 1040. The summed E-state index contributed by atoms with van der Waals surface area (Å²) in [4.78, 5) is 52.2. The molecule has 204 valence electrons. The molecule has 1 atom stereocenters. The highest BCUT2D eigenvalue weighted by Crippen LogP contribution is 2.07. The van der Waals surface area contributed by atoms with Crippen molar-refractivity contribution in [2.45, 2.75) is 52.0 Å². The molecule has 12 nitrogen and oxygen atoms in total. The summed E-state index contributed by atoms with van der Waals surface area (Å²) in [5, 5.41) is 16.3. The Kier molecular flexibility index (Phi) is 11.6. The minimum absolute atomic E-state index is 0.0285. The van der Waals surface area contributed by atoms with Gasteiger partial charge in [0.05, 0.1) is 0 Å². The van der Waals surface area contributed by atoms with E-state index in [1.165, 1.54) is 0 Å². The molecule has 2 rings (SSSR count). The highest BCUT2D eigenvalue weighted by molar-refractivity contribution is 6.01. The van der Waals surface area contributed by atoms with Crippen LogP contribution in [0.1, 0.15) is 38.3 Å². The molecule has 0 aromatic heterocycles. The third-order valence-electron chi connectivity index (χ3n) is 4.54. The first-order valence-electron chi connectivity index (χ1n) is 11.7. The number of amides is 3.